The number of nitrogens with one attached hydrogen (secondary N) is 2. The van der Waals surface area contributed by atoms with Gasteiger partial charge in [0.15, 0.2) is 0 Å². The number of hydrogen-bond donors (Lipinski definition) is 2. The molecule has 0 aliphatic rings. The van der Waals surface area contributed by atoms with Crippen LogP contribution >= 0.6 is 11.3 Å². The first-order valence-corrected chi connectivity index (χ1v) is 5.40. The van der Waals surface area contributed by atoms with E-state index in [0.29, 0.717) is 5.95 Å². The maximum Gasteiger partial charge on any atom is 0.226 e. The minimum absolute atomic E-state index is 0.687. The summed E-state index contributed by atoms with van der Waals surface area (Å²) in [5.41, 5.74) is 0. The summed E-state index contributed by atoms with van der Waals surface area (Å²) in [6.45, 7) is 2.86. The van der Waals surface area contributed by atoms with E-state index in [0.717, 1.165) is 22.6 Å². The molecule has 2 N–H and O–H groups in total. The molecular weight excluding hydrogens is 196 g/mol. The molecule has 0 saturated heterocycles. The van der Waals surface area contributed by atoms with Gasteiger partial charge in [0, 0.05) is 13.6 Å². The maximum atomic E-state index is 4.39. The number of nitrogens with zero attached hydrogens (tertiary/aromatic N) is 2. The molecule has 4 nitrogen and oxygen atoms in total. The third-order valence-corrected chi connectivity index (χ3v) is 2.70. The molecule has 74 valence electrons. The fraction of sp³-hybridized carbons (Fsp3) is 0.333. The highest BCUT2D eigenvalue weighted by Gasteiger charge is 2.06. The average Bonchev–Trinajstić information content (AvgIpc) is 2.65. The van der Waals surface area contributed by atoms with Gasteiger partial charge in [0.25, 0.3) is 0 Å². The molecule has 14 heavy (non-hydrogen) atoms. The molecule has 2 aromatic heterocycles. The van der Waals surface area contributed by atoms with Crippen LogP contribution in [0.4, 0.5) is 11.8 Å². The molecule has 0 atom stereocenters. The van der Waals surface area contributed by atoms with Crippen LogP contribution in [0.2, 0.25) is 0 Å². The van der Waals surface area contributed by atoms with Crippen molar-refractivity contribution in [2.75, 3.05) is 24.2 Å². The summed E-state index contributed by atoms with van der Waals surface area (Å²) in [6, 6.07) is 2.03. The molecule has 0 fully saturated rings. The van der Waals surface area contributed by atoms with Gasteiger partial charge in [-0.15, -0.1) is 11.3 Å². The molecule has 2 aromatic rings. The third kappa shape index (κ3) is 1.50. The second-order valence-corrected chi connectivity index (χ2v) is 3.71. The van der Waals surface area contributed by atoms with E-state index in [9.17, 15) is 0 Å². The van der Waals surface area contributed by atoms with Gasteiger partial charge in [-0.05, 0) is 18.4 Å². The summed E-state index contributed by atoms with van der Waals surface area (Å²) >= 11 is 1.63. The molecule has 0 spiro atoms. The number of rotatable bonds is 3. The fourth-order valence-corrected chi connectivity index (χ4v) is 2.05. The van der Waals surface area contributed by atoms with E-state index in [1.54, 1.807) is 11.3 Å². The zero-order chi connectivity index (χ0) is 9.97. The van der Waals surface area contributed by atoms with Crippen LogP contribution in [0.25, 0.3) is 10.2 Å². The minimum atomic E-state index is 0.687. The second kappa shape index (κ2) is 3.79. The summed E-state index contributed by atoms with van der Waals surface area (Å²) in [5, 5.41) is 9.29. The Morgan fingerprint density at radius 2 is 2.29 bits per heavy atom. The van der Waals surface area contributed by atoms with Crippen LogP contribution in [0.15, 0.2) is 11.4 Å². The van der Waals surface area contributed by atoms with E-state index in [-0.39, 0.29) is 0 Å². The predicted molar refractivity (Wildman–Crippen MR) is 61.1 cm³/mol. The quantitative estimate of drug-likeness (QED) is 0.811. The van der Waals surface area contributed by atoms with Crippen molar-refractivity contribution in [3.8, 4) is 0 Å². The standard InChI is InChI=1S/C9H12N4S/c1-3-11-9-12-7(10-2)6-4-5-14-8(6)13-9/h4-5H,3H2,1-2H3,(H2,10,11,12,13). The second-order valence-electron chi connectivity index (χ2n) is 2.82. The molecule has 0 radical (unpaired) electrons. The maximum absolute atomic E-state index is 4.39. The van der Waals surface area contributed by atoms with Crippen LogP contribution in [-0.4, -0.2) is 23.6 Å². The summed E-state index contributed by atoms with van der Waals surface area (Å²) in [7, 11) is 1.87. The molecule has 0 amide bonds. The zero-order valence-corrected chi connectivity index (χ0v) is 8.98. The summed E-state index contributed by atoms with van der Waals surface area (Å²) in [5.74, 6) is 1.57. The first kappa shape index (κ1) is 9.21. The number of hydrogen-bond acceptors (Lipinski definition) is 5. The smallest absolute Gasteiger partial charge is 0.226 e. The Balaban J connectivity index is 2.55. The van der Waals surface area contributed by atoms with Crippen molar-refractivity contribution < 1.29 is 0 Å². The number of fused-ring (bicyclic) bond motifs is 1. The van der Waals surface area contributed by atoms with Gasteiger partial charge in [0.05, 0.1) is 5.39 Å². The SMILES string of the molecule is CCNc1nc(NC)c2ccsc2n1. The molecule has 2 rings (SSSR count). The van der Waals surface area contributed by atoms with E-state index in [1.165, 1.54) is 0 Å². The van der Waals surface area contributed by atoms with Gasteiger partial charge in [0.1, 0.15) is 10.6 Å². The molecule has 5 heteroatoms. The van der Waals surface area contributed by atoms with E-state index in [4.69, 9.17) is 0 Å². The van der Waals surface area contributed by atoms with Crippen LogP contribution in [0.5, 0.6) is 0 Å². The Hall–Kier alpha value is -1.36. The van der Waals surface area contributed by atoms with E-state index >= 15 is 0 Å². The Kier molecular flexibility index (Phi) is 2.49. The van der Waals surface area contributed by atoms with Gasteiger partial charge in [0.2, 0.25) is 5.95 Å². The lowest BCUT2D eigenvalue weighted by Crippen LogP contribution is -2.04. The van der Waals surface area contributed by atoms with E-state index < -0.39 is 0 Å². The van der Waals surface area contributed by atoms with Crippen molar-refractivity contribution >= 4 is 33.3 Å². The van der Waals surface area contributed by atoms with E-state index in [2.05, 4.69) is 20.6 Å². The highest BCUT2D eigenvalue weighted by atomic mass is 32.1. The van der Waals surface area contributed by atoms with Crippen LogP contribution in [0, 0.1) is 0 Å². The first-order chi connectivity index (χ1) is 6.85. The summed E-state index contributed by atoms with van der Waals surface area (Å²) in [6.07, 6.45) is 0. The van der Waals surface area contributed by atoms with Crippen molar-refractivity contribution in [1.29, 1.82) is 0 Å². The van der Waals surface area contributed by atoms with Crippen molar-refractivity contribution in [2.45, 2.75) is 6.92 Å². The summed E-state index contributed by atoms with van der Waals surface area (Å²) in [4.78, 5) is 9.76. The van der Waals surface area contributed by atoms with Gasteiger partial charge in [-0.1, -0.05) is 0 Å². The zero-order valence-electron chi connectivity index (χ0n) is 8.16. The minimum Gasteiger partial charge on any atom is -0.372 e. The Morgan fingerprint density at radius 3 is 3.00 bits per heavy atom. The molecule has 0 unspecified atom stereocenters. The largest absolute Gasteiger partial charge is 0.372 e. The Labute approximate surface area is 86.4 Å². The lowest BCUT2D eigenvalue weighted by molar-refractivity contribution is 1.11. The highest BCUT2D eigenvalue weighted by Crippen LogP contribution is 2.25. The molecule has 0 aromatic carbocycles. The van der Waals surface area contributed by atoms with E-state index in [1.807, 2.05) is 25.4 Å². The summed E-state index contributed by atoms with van der Waals surface area (Å²) < 4.78 is 0. The predicted octanol–water partition coefficient (Wildman–Crippen LogP) is 2.16. The number of aromatic nitrogens is 2. The average molecular weight is 208 g/mol. The lowest BCUT2D eigenvalue weighted by atomic mass is 10.4. The van der Waals surface area contributed by atoms with Gasteiger partial charge >= 0.3 is 0 Å². The van der Waals surface area contributed by atoms with Crippen LogP contribution < -0.4 is 10.6 Å². The van der Waals surface area contributed by atoms with Gasteiger partial charge in [-0.25, -0.2) is 4.98 Å². The first-order valence-electron chi connectivity index (χ1n) is 4.52. The normalized spacial score (nSPS) is 10.4. The van der Waals surface area contributed by atoms with Crippen LogP contribution in [0.3, 0.4) is 0 Å². The van der Waals surface area contributed by atoms with Crippen LogP contribution in [0.1, 0.15) is 6.92 Å². The van der Waals surface area contributed by atoms with Crippen molar-refractivity contribution in [3.63, 3.8) is 0 Å². The van der Waals surface area contributed by atoms with Gasteiger partial charge in [-0.3, -0.25) is 0 Å². The molecule has 0 aliphatic heterocycles. The monoisotopic (exact) mass is 208 g/mol. The van der Waals surface area contributed by atoms with Crippen molar-refractivity contribution in [1.82, 2.24) is 9.97 Å². The molecular formula is C9H12N4S. The molecule has 0 aliphatic carbocycles. The van der Waals surface area contributed by atoms with Crippen molar-refractivity contribution in [2.24, 2.45) is 0 Å². The lowest BCUT2D eigenvalue weighted by Gasteiger charge is -2.05. The Morgan fingerprint density at radius 1 is 1.43 bits per heavy atom. The third-order valence-electron chi connectivity index (χ3n) is 1.90. The van der Waals surface area contributed by atoms with Crippen molar-refractivity contribution in [3.05, 3.63) is 11.4 Å². The molecule has 0 bridgehead atoms. The molecule has 0 saturated carbocycles. The number of thiophene rings is 1. The number of anilines is 2. The molecule has 2 heterocycles. The topological polar surface area (TPSA) is 49.8 Å². The fourth-order valence-electron chi connectivity index (χ4n) is 1.28. The van der Waals surface area contributed by atoms with Crippen LogP contribution in [-0.2, 0) is 0 Å². The highest BCUT2D eigenvalue weighted by molar-refractivity contribution is 7.16. The van der Waals surface area contributed by atoms with Gasteiger partial charge < -0.3 is 10.6 Å². The Bertz CT molecular complexity index is 437. The van der Waals surface area contributed by atoms with Gasteiger partial charge in [-0.2, -0.15) is 4.98 Å².